The number of aromatic nitrogens is 1. The first kappa shape index (κ1) is 19.4. The number of nitrogens with zero attached hydrogens (tertiary/aromatic N) is 1. The van der Waals surface area contributed by atoms with Gasteiger partial charge in [-0.3, -0.25) is 0 Å². The van der Waals surface area contributed by atoms with Crippen LogP contribution in [0.25, 0.3) is 0 Å². The Hall–Kier alpha value is -1.96. The number of rotatable bonds is 6. The van der Waals surface area contributed by atoms with E-state index in [1.165, 1.54) is 5.56 Å². The van der Waals surface area contributed by atoms with E-state index in [1.54, 1.807) is 18.3 Å². The summed E-state index contributed by atoms with van der Waals surface area (Å²) in [6.07, 6.45) is 5.26. The summed E-state index contributed by atoms with van der Waals surface area (Å²) in [6, 6.07) is 10.9. The van der Waals surface area contributed by atoms with Gasteiger partial charge in [0.2, 0.25) is 15.9 Å². The molecule has 1 saturated heterocycles. The summed E-state index contributed by atoms with van der Waals surface area (Å²) in [5.74, 6) is 1.18. The summed E-state index contributed by atoms with van der Waals surface area (Å²) in [5.41, 5.74) is 2.21. The van der Waals surface area contributed by atoms with E-state index in [1.807, 2.05) is 25.1 Å². The van der Waals surface area contributed by atoms with E-state index < -0.39 is 10.0 Å². The van der Waals surface area contributed by atoms with Crippen LogP contribution in [0.2, 0.25) is 0 Å². The minimum Gasteiger partial charge on any atom is -0.474 e. The molecule has 2 aliphatic rings. The SMILES string of the molecule is Cc1ccc(S(=O)(=O)NC2CC(Oc3ncccc3C3CCNCC3)C2)cc1. The molecule has 6 nitrogen and oxygen atoms in total. The summed E-state index contributed by atoms with van der Waals surface area (Å²) < 4.78 is 33.9. The van der Waals surface area contributed by atoms with E-state index in [0.717, 1.165) is 31.5 Å². The molecule has 28 heavy (non-hydrogen) atoms. The zero-order valence-electron chi connectivity index (χ0n) is 16.1. The van der Waals surface area contributed by atoms with E-state index >= 15 is 0 Å². The number of benzene rings is 1. The molecule has 1 aromatic heterocycles. The quantitative estimate of drug-likeness (QED) is 0.778. The van der Waals surface area contributed by atoms with E-state index in [-0.39, 0.29) is 12.1 Å². The molecule has 0 spiro atoms. The van der Waals surface area contributed by atoms with Crippen LogP contribution in [0.3, 0.4) is 0 Å². The first-order chi connectivity index (χ1) is 13.5. The number of aryl methyl sites for hydroxylation is 1. The van der Waals surface area contributed by atoms with Crippen LogP contribution in [0.5, 0.6) is 5.88 Å². The summed E-state index contributed by atoms with van der Waals surface area (Å²) in [6.45, 7) is 3.98. The Bertz CT molecular complexity index is 903. The normalized spacial score (nSPS) is 23.2. The van der Waals surface area contributed by atoms with Gasteiger partial charge in [-0.1, -0.05) is 23.8 Å². The van der Waals surface area contributed by atoms with Crippen molar-refractivity contribution < 1.29 is 13.2 Å². The first-order valence-electron chi connectivity index (χ1n) is 9.92. The number of hydrogen-bond donors (Lipinski definition) is 2. The molecule has 2 heterocycles. The molecule has 7 heteroatoms. The number of piperidine rings is 1. The Morgan fingerprint density at radius 2 is 1.82 bits per heavy atom. The minimum absolute atomic E-state index is 0.00100. The lowest BCUT2D eigenvalue weighted by molar-refractivity contribution is 0.0878. The Morgan fingerprint density at radius 1 is 1.11 bits per heavy atom. The van der Waals surface area contributed by atoms with Gasteiger partial charge in [0.05, 0.1) is 4.90 Å². The van der Waals surface area contributed by atoms with Gasteiger partial charge in [0.25, 0.3) is 0 Å². The van der Waals surface area contributed by atoms with Crippen molar-refractivity contribution in [2.24, 2.45) is 0 Å². The fraction of sp³-hybridized carbons (Fsp3) is 0.476. The molecule has 150 valence electrons. The van der Waals surface area contributed by atoms with Crippen molar-refractivity contribution in [3.05, 3.63) is 53.7 Å². The molecule has 1 aliphatic carbocycles. The van der Waals surface area contributed by atoms with Gasteiger partial charge in [-0.2, -0.15) is 0 Å². The fourth-order valence-corrected chi connectivity index (χ4v) is 5.13. The zero-order valence-corrected chi connectivity index (χ0v) is 16.9. The van der Waals surface area contributed by atoms with E-state index in [0.29, 0.717) is 29.5 Å². The van der Waals surface area contributed by atoms with Crippen molar-refractivity contribution >= 4 is 10.0 Å². The summed E-state index contributed by atoms with van der Waals surface area (Å²) in [7, 11) is -3.49. The first-order valence-corrected chi connectivity index (χ1v) is 11.4. The maximum atomic E-state index is 12.5. The molecule has 0 unspecified atom stereocenters. The monoisotopic (exact) mass is 401 g/mol. The molecule has 1 saturated carbocycles. The second-order valence-electron chi connectivity index (χ2n) is 7.76. The third-order valence-electron chi connectivity index (χ3n) is 5.61. The van der Waals surface area contributed by atoms with E-state index in [4.69, 9.17) is 4.74 Å². The van der Waals surface area contributed by atoms with Crippen LogP contribution in [-0.2, 0) is 10.0 Å². The lowest BCUT2D eigenvalue weighted by Gasteiger charge is -2.36. The zero-order chi connectivity index (χ0) is 19.6. The maximum absolute atomic E-state index is 12.5. The molecule has 2 aromatic rings. The fourth-order valence-electron chi connectivity index (χ4n) is 3.87. The topological polar surface area (TPSA) is 80.3 Å². The highest BCUT2D eigenvalue weighted by molar-refractivity contribution is 7.89. The summed E-state index contributed by atoms with van der Waals surface area (Å²) >= 11 is 0. The minimum atomic E-state index is -3.49. The smallest absolute Gasteiger partial charge is 0.240 e. The molecular weight excluding hydrogens is 374 g/mol. The maximum Gasteiger partial charge on any atom is 0.240 e. The molecule has 0 radical (unpaired) electrons. The van der Waals surface area contributed by atoms with Crippen LogP contribution in [0, 0.1) is 6.92 Å². The molecule has 1 aliphatic heterocycles. The number of pyridine rings is 1. The second-order valence-corrected chi connectivity index (χ2v) is 9.48. The molecule has 0 amide bonds. The highest BCUT2D eigenvalue weighted by Crippen LogP contribution is 2.34. The van der Waals surface area contributed by atoms with Crippen molar-refractivity contribution in [3.8, 4) is 5.88 Å². The molecule has 2 N–H and O–H groups in total. The van der Waals surface area contributed by atoms with Crippen LogP contribution in [0.1, 0.15) is 42.7 Å². The largest absolute Gasteiger partial charge is 0.474 e. The van der Waals surface area contributed by atoms with Crippen molar-refractivity contribution in [2.45, 2.75) is 55.6 Å². The van der Waals surface area contributed by atoms with E-state index in [9.17, 15) is 8.42 Å². The van der Waals surface area contributed by atoms with Gasteiger partial charge in [0.1, 0.15) is 6.10 Å². The highest BCUT2D eigenvalue weighted by Gasteiger charge is 2.35. The molecule has 1 aromatic carbocycles. The van der Waals surface area contributed by atoms with Gasteiger partial charge >= 0.3 is 0 Å². The molecular formula is C21H27N3O3S. The average molecular weight is 402 g/mol. The van der Waals surface area contributed by atoms with Crippen LogP contribution in [0.4, 0.5) is 0 Å². The number of ether oxygens (including phenoxy) is 1. The van der Waals surface area contributed by atoms with Crippen molar-refractivity contribution in [2.75, 3.05) is 13.1 Å². The highest BCUT2D eigenvalue weighted by atomic mass is 32.2. The summed E-state index contributed by atoms with van der Waals surface area (Å²) in [4.78, 5) is 4.76. The lowest BCUT2D eigenvalue weighted by atomic mass is 9.89. The standard InChI is InChI=1S/C21H27N3O3S/c1-15-4-6-19(7-5-15)28(25,26)24-17-13-18(14-17)27-21-20(3-2-10-23-21)16-8-11-22-12-9-16/h2-7,10,16-18,22,24H,8-9,11-14H2,1H3. The van der Waals surface area contributed by atoms with Crippen LogP contribution in [-0.4, -0.2) is 38.6 Å². The molecule has 0 bridgehead atoms. The van der Waals surface area contributed by atoms with E-state index in [2.05, 4.69) is 21.1 Å². The van der Waals surface area contributed by atoms with Gasteiger partial charge in [-0.15, -0.1) is 0 Å². The number of sulfonamides is 1. The predicted octanol–water partition coefficient (Wildman–Crippen LogP) is 2.75. The van der Waals surface area contributed by atoms with Gasteiger partial charge in [0, 0.05) is 30.6 Å². The summed E-state index contributed by atoms with van der Waals surface area (Å²) in [5, 5.41) is 3.38. The molecule has 2 fully saturated rings. The number of nitrogens with one attached hydrogen (secondary N) is 2. The van der Waals surface area contributed by atoms with Gasteiger partial charge in [-0.05, 0) is 57.0 Å². The van der Waals surface area contributed by atoms with Crippen molar-refractivity contribution in [1.29, 1.82) is 0 Å². The third-order valence-corrected chi connectivity index (χ3v) is 7.14. The Morgan fingerprint density at radius 3 is 2.54 bits per heavy atom. The Balaban J connectivity index is 1.34. The van der Waals surface area contributed by atoms with Gasteiger partial charge in [-0.25, -0.2) is 18.1 Å². The second kappa shape index (κ2) is 8.19. The van der Waals surface area contributed by atoms with Gasteiger partial charge in [0.15, 0.2) is 0 Å². The third kappa shape index (κ3) is 4.37. The van der Waals surface area contributed by atoms with Gasteiger partial charge < -0.3 is 10.1 Å². The van der Waals surface area contributed by atoms with Crippen molar-refractivity contribution in [3.63, 3.8) is 0 Å². The predicted molar refractivity (Wildman–Crippen MR) is 108 cm³/mol. The Labute approximate surface area is 166 Å². The molecule has 4 rings (SSSR count). The van der Waals surface area contributed by atoms with Crippen LogP contribution >= 0.6 is 0 Å². The van der Waals surface area contributed by atoms with Crippen LogP contribution < -0.4 is 14.8 Å². The number of hydrogen-bond acceptors (Lipinski definition) is 5. The van der Waals surface area contributed by atoms with Crippen molar-refractivity contribution in [1.82, 2.24) is 15.0 Å². The van der Waals surface area contributed by atoms with Crippen LogP contribution in [0.15, 0.2) is 47.5 Å². The molecule has 0 atom stereocenters. The lowest BCUT2D eigenvalue weighted by Crippen LogP contribution is -2.49. The average Bonchev–Trinajstić information content (AvgIpc) is 2.67. The Kier molecular flexibility index (Phi) is 5.66.